The molecular formula is C24H29N7OS. The average molecular weight is 464 g/mol. The normalized spacial score (nSPS) is 14.1. The number of anilines is 2. The molecule has 2 N–H and O–H groups in total. The lowest BCUT2D eigenvalue weighted by Crippen LogP contribution is -2.24. The number of fused-ring (bicyclic) bond motifs is 2. The Morgan fingerprint density at radius 3 is 2.76 bits per heavy atom. The van der Waals surface area contributed by atoms with Crippen molar-refractivity contribution >= 4 is 33.3 Å². The van der Waals surface area contributed by atoms with Crippen molar-refractivity contribution in [2.75, 3.05) is 11.9 Å². The van der Waals surface area contributed by atoms with Gasteiger partial charge in [-0.3, -0.25) is 9.78 Å². The lowest BCUT2D eigenvalue weighted by molar-refractivity contribution is 0.474. The van der Waals surface area contributed by atoms with Gasteiger partial charge < -0.3 is 10.6 Å². The van der Waals surface area contributed by atoms with Gasteiger partial charge in [-0.25, -0.2) is 14.3 Å². The van der Waals surface area contributed by atoms with Crippen LogP contribution in [0.15, 0.2) is 35.4 Å². The van der Waals surface area contributed by atoms with Gasteiger partial charge in [0.05, 0.1) is 10.7 Å². The van der Waals surface area contributed by atoms with Gasteiger partial charge in [0.2, 0.25) is 5.95 Å². The summed E-state index contributed by atoms with van der Waals surface area (Å²) < 4.78 is 3.63. The van der Waals surface area contributed by atoms with Crippen molar-refractivity contribution in [2.24, 2.45) is 0 Å². The maximum atomic E-state index is 13.3. The molecule has 0 amide bonds. The van der Waals surface area contributed by atoms with Crippen LogP contribution in [0.2, 0.25) is 0 Å². The minimum absolute atomic E-state index is 0.0501. The molecule has 0 aliphatic carbocycles. The summed E-state index contributed by atoms with van der Waals surface area (Å²) in [5, 5.41) is 8.27. The summed E-state index contributed by atoms with van der Waals surface area (Å²) in [6, 6.07) is 6.06. The van der Waals surface area contributed by atoms with Gasteiger partial charge in [0.15, 0.2) is 5.65 Å². The summed E-state index contributed by atoms with van der Waals surface area (Å²) in [6.45, 7) is 12.3. The van der Waals surface area contributed by atoms with Gasteiger partial charge in [-0.2, -0.15) is 4.98 Å². The number of hydrogen-bond donors (Lipinski definition) is 2. The fourth-order valence-electron chi connectivity index (χ4n) is 4.16. The summed E-state index contributed by atoms with van der Waals surface area (Å²) in [6.07, 6.45) is 4.46. The number of rotatable bonds is 4. The van der Waals surface area contributed by atoms with Gasteiger partial charge in [0.1, 0.15) is 5.39 Å². The average Bonchev–Trinajstić information content (AvgIpc) is 3.31. The van der Waals surface area contributed by atoms with Crippen molar-refractivity contribution in [2.45, 2.75) is 59.0 Å². The van der Waals surface area contributed by atoms with Crippen molar-refractivity contribution in [3.8, 4) is 5.69 Å². The number of pyridine rings is 1. The van der Waals surface area contributed by atoms with Crippen LogP contribution in [0.5, 0.6) is 0 Å². The molecule has 33 heavy (non-hydrogen) atoms. The number of nitrogens with zero attached hydrogens (tertiary/aromatic N) is 5. The first-order valence-electron chi connectivity index (χ1n) is 11.3. The van der Waals surface area contributed by atoms with Gasteiger partial charge in [-0.05, 0) is 44.0 Å². The summed E-state index contributed by atoms with van der Waals surface area (Å²) in [5.74, 6) is 0.480. The Balaban J connectivity index is 1.64. The van der Waals surface area contributed by atoms with Gasteiger partial charge in [0.25, 0.3) is 5.56 Å². The second-order valence-corrected chi connectivity index (χ2v) is 10.9. The van der Waals surface area contributed by atoms with Crippen LogP contribution in [0.4, 0.5) is 10.9 Å². The number of aromatic nitrogens is 5. The third-order valence-corrected chi connectivity index (χ3v) is 7.00. The highest BCUT2D eigenvalue weighted by Gasteiger charge is 2.22. The van der Waals surface area contributed by atoms with Crippen LogP contribution in [-0.4, -0.2) is 30.9 Å². The highest BCUT2D eigenvalue weighted by molar-refractivity contribution is 7.16. The monoisotopic (exact) mass is 463 g/mol. The Labute approximate surface area is 196 Å². The first-order valence-corrected chi connectivity index (χ1v) is 12.1. The van der Waals surface area contributed by atoms with Crippen LogP contribution >= 0.6 is 11.3 Å². The minimum Gasteiger partial charge on any atom is -0.316 e. The van der Waals surface area contributed by atoms with E-state index in [9.17, 15) is 4.79 Å². The highest BCUT2D eigenvalue weighted by atomic mass is 32.1. The topological polar surface area (TPSA) is 89.7 Å². The fraction of sp³-hybridized carbons (Fsp3) is 0.417. The molecule has 5 rings (SSSR count). The van der Waals surface area contributed by atoms with E-state index in [4.69, 9.17) is 4.98 Å². The van der Waals surface area contributed by atoms with Crippen LogP contribution in [0.3, 0.4) is 0 Å². The molecule has 0 spiro atoms. The number of thiophene rings is 1. The van der Waals surface area contributed by atoms with E-state index >= 15 is 0 Å². The van der Waals surface area contributed by atoms with Crippen LogP contribution in [0.1, 0.15) is 56.8 Å². The largest absolute Gasteiger partial charge is 0.316 e. The smallest absolute Gasteiger partial charge is 0.278 e. The Bertz CT molecular complexity index is 1370. The van der Waals surface area contributed by atoms with Crippen LogP contribution < -0.4 is 16.2 Å². The second-order valence-electron chi connectivity index (χ2n) is 9.75. The molecule has 8 nitrogen and oxygen atoms in total. The Hall–Kier alpha value is -3.04. The third kappa shape index (κ3) is 3.95. The van der Waals surface area contributed by atoms with Crippen molar-refractivity contribution in [1.82, 2.24) is 29.6 Å². The van der Waals surface area contributed by atoms with Crippen molar-refractivity contribution in [1.29, 1.82) is 0 Å². The zero-order chi connectivity index (χ0) is 23.3. The van der Waals surface area contributed by atoms with Crippen LogP contribution in [-0.2, 0) is 18.4 Å². The molecule has 0 bridgehead atoms. The lowest BCUT2D eigenvalue weighted by atomic mass is 9.91. The molecule has 0 unspecified atom stereocenters. The minimum atomic E-state index is -0.114. The van der Waals surface area contributed by atoms with Crippen LogP contribution in [0.25, 0.3) is 16.7 Å². The van der Waals surface area contributed by atoms with E-state index in [0.717, 1.165) is 35.9 Å². The van der Waals surface area contributed by atoms with E-state index in [1.807, 2.05) is 30.7 Å². The molecule has 0 saturated carbocycles. The second kappa shape index (κ2) is 8.07. The summed E-state index contributed by atoms with van der Waals surface area (Å²) in [7, 11) is 0. The van der Waals surface area contributed by atoms with Crippen LogP contribution in [0, 0.1) is 0 Å². The predicted molar refractivity (Wildman–Crippen MR) is 133 cm³/mol. The van der Waals surface area contributed by atoms with E-state index in [1.54, 1.807) is 28.4 Å². The number of hydrogen-bond acceptors (Lipinski definition) is 7. The molecule has 172 valence electrons. The standard InChI is InChI=1S/C24H29N7OS/c1-14(2)30-22(32)17-13-27-23(28-20-10-15-12-25-8-7-18(15)33-20)29-21(17)31(30)16-6-9-26-19(11-16)24(3,4)5/h6,9-11,13-14,25H,7-8,12H2,1-5H3,(H,27,28,29). The maximum absolute atomic E-state index is 13.3. The highest BCUT2D eigenvalue weighted by Crippen LogP contribution is 2.31. The SMILES string of the molecule is CC(C)n1c(=O)c2cnc(Nc3cc4c(s3)CCNC4)nc2n1-c1ccnc(C(C)(C)C)c1. The molecule has 0 atom stereocenters. The molecular weight excluding hydrogens is 434 g/mol. The quantitative estimate of drug-likeness (QED) is 0.469. The predicted octanol–water partition coefficient (Wildman–Crippen LogP) is 4.31. The third-order valence-electron chi connectivity index (χ3n) is 5.84. The molecule has 0 radical (unpaired) electrons. The zero-order valence-corrected chi connectivity index (χ0v) is 20.5. The van der Waals surface area contributed by atoms with Gasteiger partial charge >= 0.3 is 0 Å². The van der Waals surface area contributed by atoms with Crippen molar-refractivity contribution in [3.63, 3.8) is 0 Å². The molecule has 0 saturated heterocycles. The molecule has 0 fully saturated rings. The lowest BCUT2D eigenvalue weighted by Gasteiger charge is -2.20. The summed E-state index contributed by atoms with van der Waals surface area (Å²) in [5.41, 5.74) is 3.51. The van der Waals surface area contributed by atoms with E-state index in [-0.39, 0.29) is 17.0 Å². The first kappa shape index (κ1) is 21.8. The van der Waals surface area contributed by atoms with Gasteiger partial charge in [-0.1, -0.05) is 20.8 Å². The summed E-state index contributed by atoms with van der Waals surface area (Å²) in [4.78, 5) is 28.5. The zero-order valence-electron chi connectivity index (χ0n) is 19.6. The molecule has 1 aliphatic rings. The van der Waals surface area contributed by atoms with Crippen molar-refractivity contribution in [3.05, 3.63) is 57.1 Å². The van der Waals surface area contributed by atoms with Crippen molar-refractivity contribution < 1.29 is 0 Å². The molecule has 4 aromatic rings. The molecule has 4 aromatic heterocycles. The molecule has 1 aliphatic heterocycles. The molecule has 0 aromatic carbocycles. The van der Waals surface area contributed by atoms with Gasteiger partial charge in [-0.15, -0.1) is 11.3 Å². The molecule has 5 heterocycles. The summed E-state index contributed by atoms with van der Waals surface area (Å²) >= 11 is 1.74. The first-order chi connectivity index (χ1) is 15.7. The van der Waals surface area contributed by atoms with E-state index in [0.29, 0.717) is 17.0 Å². The van der Waals surface area contributed by atoms with Gasteiger partial charge in [0, 0.05) is 47.5 Å². The maximum Gasteiger partial charge on any atom is 0.278 e. The van der Waals surface area contributed by atoms with E-state index < -0.39 is 0 Å². The molecule has 9 heteroatoms. The fourth-order valence-corrected chi connectivity index (χ4v) is 5.23. The van der Waals surface area contributed by atoms with E-state index in [2.05, 4.69) is 47.4 Å². The Morgan fingerprint density at radius 1 is 1.21 bits per heavy atom. The Morgan fingerprint density at radius 2 is 2.03 bits per heavy atom. The van der Waals surface area contributed by atoms with E-state index in [1.165, 1.54) is 10.4 Å². The Kier molecular flexibility index (Phi) is 5.33. The number of nitrogens with one attached hydrogen (secondary N) is 2.